The summed E-state index contributed by atoms with van der Waals surface area (Å²) in [6.45, 7) is 1.53. The van der Waals surface area contributed by atoms with Crippen LogP contribution in [0.1, 0.15) is 84.9 Å². The number of ether oxygens (including phenoxy) is 5. The maximum Gasteiger partial charge on any atom is 0.410 e. The molecule has 2 aliphatic rings. The van der Waals surface area contributed by atoms with Gasteiger partial charge < -0.3 is 33.5 Å². The molecule has 0 spiro atoms. The summed E-state index contributed by atoms with van der Waals surface area (Å²) >= 11 is 0. The van der Waals surface area contributed by atoms with Gasteiger partial charge in [-0.15, -0.1) is 0 Å². The molecule has 0 unspecified atom stereocenters. The Morgan fingerprint density at radius 3 is 2.10 bits per heavy atom. The fraction of sp³-hybridized carbons (Fsp3) is 0.346. The Morgan fingerprint density at radius 1 is 0.771 bits per heavy atom. The molecule has 0 saturated carbocycles. The minimum atomic E-state index is -4.51. The Morgan fingerprint density at radius 2 is 1.41 bits per heavy atom. The normalized spacial score (nSPS) is 17.8. The molecule has 2 heterocycles. The predicted molar refractivity (Wildman–Crippen MR) is 256 cm³/mol. The van der Waals surface area contributed by atoms with E-state index in [1.165, 1.54) is 37.1 Å². The molecule has 70 heavy (non-hydrogen) atoms. The van der Waals surface area contributed by atoms with Crippen molar-refractivity contribution in [3.8, 4) is 11.5 Å². The van der Waals surface area contributed by atoms with Crippen LogP contribution in [0.3, 0.4) is 0 Å². The molecule has 5 aromatic rings. The summed E-state index contributed by atoms with van der Waals surface area (Å²) in [7, 11) is -3.28. The lowest BCUT2D eigenvalue weighted by molar-refractivity contribution is -0.387. The number of nitrogens with zero attached hydrogens (tertiary/aromatic N) is 4. The van der Waals surface area contributed by atoms with E-state index < -0.39 is 61.6 Å². The van der Waals surface area contributed by atoms with Crippen LogP contribution in [0.5, 0.6) is 11.5 Å². The monoisotopic (exact) mass is 976 g/mol. The zero-order valence-corrected chi connectivity index (χ0v) is 39.9. The first-order valence-corrected chi connectivity index (χ1v) is 24.5. The molecular weight excluding hydrogens is 921 g/mol. The van der Waals surface area contributed by atoms with Crippen molar-refractivity contribution in [2.75, 3.05) is 46.4 Å². The van der Waals surface area contributed by atoms with Gasteiger partial charge in [0.25, 0.3) is 5.69 Å². The number of esters is 2. The van der Waals surface area contributed by atoms with E-state index in [1.54, 1.807) is 47.4 Å². The van der Waals surface area contributed by atoms with E-state index >= 15 is 4.79 Å². The highest BCUT2D eigenvalue weighted by Gasteiger charge is 2.44. The minimum absolute atomic E-state index is 0.0303. The van der Waals surface area contributed by atoms with Gasteiger partial charge in [-0.25, -0.2) is 13.2 Å². The predicted octanol–water partition coefficient (Wildman–Crippen LogP) is 8.29. The minimum Gasteiger partial charge on any atom is -0.489 e. The number of hydrogen-bond acceptors (Lipinski definition) is 13. The van der Waals surface area contributed by atoms with Gasteiger partial charge in [0.1, 0.15) is 36.7 Å². The third-order valence-electron chi connectivity index (χ3n) is 12.2. The lowest BCUT2D eigenvalue weighted by Crippen LogP contribution is -2.41. The van der Waals surface area contributed by atoms with E-state index in [0.29, 0.717) is 53.2 Å². The van der Waals surface area contributed by atoms with Gasteiger partial charge in [0.2, 0.25) is 15.9 Å². The SMILES string of the molecule is COC(=O)C[C@H]1c2ccc3c(c2)[C@@H](C(=O)N(CCCOC(C)=O)CCCCN(S(=O)(=O)c2ccccc2[N+](=O)[O-])CCCN1C(=O)OCc1ccccc1)[C@H](c1ccc(OCc2ccccc2)cc1)O3. The summed E-state index contributed by atoms with van der Waals surface area (Å²) in [4.78, 5) is 68.7. The molecule has 18 heteroatoms. The van der Waals surface area contributed by atoms with Gasteiger partial charge in [0, 0.05) is 51.3 Å². The van der Waals surface area contributed by atoms with Crippen LogP contribution in [-0.4, -0.2) is 97.8 Å². The topological polar surface area (TPSA) is 201 Å². The van der Waals surface area contributed by atoms with Gasteiger partial charge in [-0.2, -0.15) is 4.31 Å². The Balaban J connectivity index is 1.30. The quantitative estimate of drug-likeness (QED) is 0.0319. The first-order valence-electron chi connectivity index (χ1n) is 23.1. The standard InChI is InChI=1S/C52H56N4O13S/c1-37(57)66-32-14-28-53-27-11-12-29-54(70(63,64)47-20-10-9-19-44(47)56(61)62)30-13-31-55(52(60)68-36-39-17-7-4-8-18-39)45(34-48(58)65-2)41-23-26-46-43(33-41)49(51(53)59)50(69-46)40-21-24-42(25-22-40)67-35-38-15-5-3-6-16-38/h3-10,15-26,33,45,49-50H,11-14,27-32,34-36H2,1-2H3/t45-,49+,50-/m0/s1. The third-order valence-corrected chi connectivity index (χ3v) is 14.1. The van der Waals surface area contributed by atoms with Gasteiger partial charge in [-0.05, 0) is 78.3 Å². The van der Waals surface area contributed by atoms with Crippen molar-refractivity contribution in [3.63, 3.8) is 0 Å². The molecule has 0 fully saturated rings. The molecule has 2 amide bonds. The van der Waals surface area contributed by atoms with Crippen molar-refractivity contribution in [3.05, 3.63) is 165 Å². The van der Waals surface area contributed by atoms with Crippen molar-refractivity contribution in [2.45, 2.75) is 75.2 Å². The average molecular weight is 977 g/mol. The molecular formula is C52H56N4O13S. The van der Waals surface area contributed by atoms with Gasteiger partial charge in [-0.3, -0.25) is 24.5 Å². The fourth-order valence-corrected chi connectivity index (χ4v) is 10.3. The fourth-order valence-electron chi connectivity index (χ4n) is 8.66. The Hall–Kier alpha value is -7.31. The molecule has 0 saturated heterocycles. The summed E-state index contributed by atoms with van der Waals surface area (Å²) in [5.41, 5.74) is 2.74. The van der Waals surface area contributed by atoms with Crippen molar-refractivity contribution >= 4 is 39.6 Å². The van der Waals surface area contributed by atoms with E-state index in [-0.39, 0.29) is 71.1 Å². The van der Waals surface area contributed by atoms with Gasteiger partial charge in [-0.1, -0.05) is 91.0 Å². The highest BCUT2D eigenvalue weighted by Crippen LogP contribution is 2.49. The lowest BCUT2D eigenvalue weighted by atomic mass is 9.87. The summed E-state index contributed by atoms with van der Waals surface area (Å²) in [5, 5.41) is 12.1. The Labute approximate surface area is 407 Å². The highest BCUT2D eigenvalue weighted by atomic mass is 32.2. The van der Waals surface area contributed by atoms with Crippen LogP contribution in [0.15, 0.2) is 132 Å². The first kappa shape index (κ1) is 50.6. The molecule has 17 nitrogen and oxygen atoms in total. The first-order chi connectivity index (χ1) is 33.8. The summed E-state index contributed by atoms with van der Waals surface area (Å²) < 4.78 is 59.0. The number of fused-ring (bicyclic) bond motifs is 1. The molecule has 368 valence electrons. The zero-order valence-electron chi connectivity index (χ0n) is 39.1. The Kier molecular flexibility index (Phi) is 17.2. The molecule has 0 N–H and O–H groups in total. The summed E-state index contributed by atoms with van der Waals surface area (Å²) in [6.07, 6.45) is -1.11. The largest absolute Gasteiger partial charge is 0.489 e. The van der Waals surface area contributed by atoms with Crippen LogP contribution in [0.4, 0.5) is 10.5 Å². The highest BCUT2D eigenvalue weighted by molar-refractivity contribution is 7.89. The molecule has 3 atom stereocenters. The number of nitro groups is 1. The summed E-state index contributed by atoms with van der Waals surface area (Å²) in [6, 6.07) is 35.2. The molecule has 5 aromatic carbocycles. The zero-order chi connectivity index (χ0) is 49.6. The van der Waals surface area contributed by atoms with E-state index in [1.807, 2.05) is 60.7 Å². The smallest absolute Gasteiger partial charge is 0.410 e. The van der Waals surface area contributed by atoms with E-state index in [4.69, 9.17) is 23.7 Å². The van der Waals surface area contributed by atoms with Crippen LogP contribution >= 0.6 is 0 Å². The van der Waals surface area contributed by atoms with Crippen molar-refractivity contribution in [2.24, 2.45) is 0 Å². The number of carbonyl (C=O) groups excluding carboxylic acids is 4. The van der Waals surface area contributed by atoms with Crippen LogP contribution in [0.25, 0.3) is 0 Å². The molecule has 2 aliphatic heterocycles. The van der Waals surface area contributed by atoms with Crippen LogP contribution in [0, 0.1) is 10.1 Å². The number of nitro benzene ring substituents is 1. The van der Waals surface area contributed by atoms with Gasteiger partial charge in [0.15, 0.2) is 4.90 Å². The third kappa shape index (κ3) is 12.7. The number of rotatable bonds is 15. The van der Waals surface area contributed by atoms with Gasteiger partial charge in [0.05, 0.1) is 31.1 Å². The lowest BCUT2D eigenvalue weighted by Gasteiger charge is -2.33. The van der Waals surface area contributed by atoms with Crippen LogP contribution in [-0.2, 0) is 51.8 Å². The van der Waals surface area contributed by atoms with Gasteiger partial charge >= 0.3 is 18.0 Å². The molecule has 7 rings (SSSR count). The summed E-state index contributed by atoms with van der Waals surface area (Å²) in [5.74, 6) is -1.39. The second-order valence-electron chi connectivity index (χ2n) is 16.9. The maximum atomic E-state index is 15.3. The number of hydrogen-bond donors (Lipinski definition) is 0. The molecule has 0 aromatic heterocycles. The van der Waals surface area contributed by atoms with Crippen LogP contribution in [0.2, 0.25) is 0 Å². The Bertz CT molecular complexity index is 2720. The van der Waals surface area contributed by atoms with E-state index in [0.717, 1.165) is 15.9 Å². The van der Waals surface area contributed by atoms with Crippen molar-refractivity contribution in [1.82, 2.24) is 14.1 Å². The number of amides is 2. The number of sulfonamides is 1. The molecule has 2 bridgehead atoms. The van der Waals surface area contributed by atoms with Crippen molar-refractivity contribution < 1.29 is 56.2 Å². The number of methoxy groups -OCH3 is 1. The van der Waals surface area contributed by atoms with E-state index in [9.17, 15) is 32.9 Å². The number of carbonyl (C=O) groups is 4. The molecule has 0 radical (unpaired) electrons. The van der Waals surface area contributed by atoms with Crippen molar-refractivity contribution in [1.29, 1.82) is 0 Å². The number of benzene rings is 5. The number of para-hydroxylation sites is 1. The van der Waals surface area contributed by atoms with Crippen LogP contribution < -0.4 is 9.47 Å². The maximum absolute atomic E-state index is 15.3. The average Bonchev–Trinajstić information content (AvgIpc) is 3.76. The second kappa shape index (κ2) is 23.8. The van der Waals surface area contributed by atoms with E-state index in [2.05, 4.69) is 0 Å². The second-order valence-corrected chi connectivity index (χ2v) is 18.8. The molecule has 0 aliphatic carbocycles.